The Morgan fingerprint density at radius 2 is 1.68 bits per heavy atom. The van der Waals surface area contributed by atoms with Gasteiger partial charge in [0.15, 0.2) is 5.11 Å². The number of nitrogens with zero attached hydrogens (tertiary/aromatic N) is 2. The van der Waals surface area contributed by atoms with E-state index in [1.807, 2.05) is 24.3 Å². The van der Waals surface area contributed by atoms with E-state index in [2.05, 4.69) is 15.5 Å². The monoisotopic (exact) mass is 420 g/mol. The van der Waals surface area contributed by atoms with Gasteiger partial charge in [-0.1, -0.05) is 6.07 Å². The second kappa shape index (κ2) is 8.87. The molecular weight excluding hydrogens is 396 g/mol. The Bertz CT molecular complexity index is 924. The third-order valence-electron chi connectivity index (χ3n) is 4.37. The molecule has 0 spiro atoms. The summed E-state index contributed by atoms with van der Waals surface area (Å²) in [5.41, 5.74) is 2.60. The highest BCUT2D eigenvalue weighted by Gasteiger charge is 2.17. The normalized spacial score (nSPS) is 14.8. The number of anilines is 3. The summed E-state index contributed by atoms with van der Waals surface area (Å²) in [7, 11) is -0.489. The number of hydrogen-bond acceptors (Lipinski definition) is 5. The van der Waals surface area contributed by atoms with Crippen molar-refractivity contribution in [1.29, 1.82) is 0 Å². The van der Waals surface area contributed by atoms with Gasteiger partial charge in [-0.25, -0.2) is 12.7 Å². The summed E-state index contributed by atoms with van der Waals surface area (Å²) in [5.74, 6) is 0. The fourth-order valence-corrected chi connectivity index (χ4v) is 4.00. The molecule has 3 rings (SSSR count). The van der Waals surface area contributed by atoms with Crippen molar-refractivity contribution in [1.82, 2.24) is 4.31 Å². The van der Waals surface area contributed by atoms with Gasteiger partial charge >= 0.3 is 0 Å². The second-order valence-electron chi connectivity index (χ2n) is 6.54. The molecule has 2 aromatic rings. The van der Waals surface area contributed by atoms with E-state index in [1.54, 1.807) is 24.3 Å². The zero-order valence-electron chi connectivity index (χ0n) is 15.9. The van der Waals surface area contributed by atoms with Crippen molar-refractivity contribution in [3.8, 4) is 0 Å². The minimum atomic E-state index is -3.49. The van der Waals surface area contributed by atoms with Crippen LogP contribution < -0.4 is 15.5 Å². The van der Waals surface area contributed by atoms with Crippen molar-refractivity contribution in [2.24, 2.45) is 0 Å². The minimum absolute atomic E-state index is 0.208. The maximum atomic E-state index is 12.3. The number of sulfonamides is 1. The molecule has 0 amide bonds. The van der Waals surface area contributed by atoms with Crippen LogP contribution in [0.25, 0.3) is 0 Å². The lowest BCUT2D eigenvalue weighted by Crippen LogP contribution is -2.36. The Hall–Kier alpha value is -2.20. The molecular formula is C19H24N4O3S2. The average molecular weight is 421 g/mol. The van der Waals surface area contributed by atoms with Gasteiger partial charge in [0.05, 0.1) is 18.1 Å². The number of thiocarbonyl (C=S) groups is 1. The third-order valence-corrected chi connectivity index (χ3v) is 6.39. The van der Waals surface area contributed by atoms with Gasteiger partial charge in [-0.05, 0) is 54.7 Å². The van der Waals surface area contributed by atoms with Crippen LogP contribution >= 0.6 is 12.2 Å². The predicted molar refractivity (Wildman–Crippen MR) is 117 cm³/mol. The number of ether oxygens (including phenoxy) is 1. The van der Waals surface area contributed by atoms with Crippen LogP contribution in [0, 0.1) is 0 Å². The van der Waals surface area contributed by atoms with Crippen molar-refractivity contribution < 1.29 is 13.2 Å². The molecule has 150 valence electrons. The summed E-state index contributed by atoms with van der Waals surface area (Å²) in [6.07, 6.45) is 0. The zero-order valence-corrected chi connectivity index (χ0v) is 17.5. The maximum absolute atomic E-state index is 12.3. The summed E-state index contributed by atoms with van der Waals surface area (Å²) < 4.78 is 31.1. The van der Waals surface area contributed by atoms with E-state index >= 15 is 0 Å². The molecule has 7 nitrogen and oxygen atoms in total. The highest BCUT2D eigenvalue weighted by molar-refractivity contribution is 7.89. The lowest BCUT2D eigenvalue weighted by molar-refractivity contribution is 0.122. The Morgan fingerprint density at radius 1 is 1.04 bits per heavy atom. The predicted octanol–water partition coefficient (Wildman–Crippen LogP) is 2.58. The molecule has 9 heteroatoms. The van der Waals surface area contributed by atoms with E-state index in [-0.39, 0.29) is 4.90 Å². The van der Waals surface area contributed by atoms with Crippen LogP contribution in [0.3, 0.4) is 0 Å². The molecule has 1 aliphatic rings. The standard InChI is InChI=1S/C19H24N4O3S2/c1-22(2)28(24,25)18-5-3-4-16(14-18)21-19(27)20-15-6-8-17(9-7-15)23-10-12-26-13-11-23/h3-9,14H,10-13H2,1-2H3,(H2,20,21,27). The lowest BCUT2D eigenvalue weighted by Gasteiger charge is -2.29. The fraction of sp³-hybridized carbons (Fsp3) is 0.316. The Balaban J connectivity index is 1.63. The van der Waals surface area contributed by atoms with E-state index < -0.39 is 10.0 Å². The molecule has 0 saturated carbocycles. The number of benzene rings is 2. The van der Waals surface area contributed by atoms with Crippen LogP contribution in [0.4, 0.5) is 17.1 Å². The zero-order chi connectivity index (χ0) is 20.1. The first-order valence-electron chi connectivity index (χ1n) is 8.89. The molecule has 0 aromatic heterocycles. The molecule has 0 bridgehead atoms. The Kier molecular flexibility index (Phi) is 6.50. The van der Waals surface area contributed by atoms with E-state index in [4.69, 9.17) is 17.0 Å². The van der Waals surface area contributed by atoms with Crippen molar-refractivity contribution in [3.05, 3.63) is 48.5 Å². The van der Waals surface area contributed by atoms with Gasteiger partial charge in [0.2, 0.25) is 10.0 Å². The van der Waals surface area contributed by atoms with Crippen LogP contribution in [-0.2, 0) is 14.8 Å². The smallest absolute Gasteiger partial charge is 0.242 e. The van der Waals surface area contributed by atoms with Gasteiger partial charge in [-0.2, -0.15) is 0 Å². The van der Waals surface area contributed by atoms with Gasteiger partial charge in [-0.3, -0.25) is 0 Å². The molecule has 1 heterocycles. The first-order chi connectivity index (χ1) is 13.4. The van der Waals surface area contributed by atoms with Crippen LogP contribution in [0.5, 0.6) is 0 Å². The molecule has 1 aliphatic heterocycles. The third kappa shape index (κ3) is 4.99. The van der Waals surface area contributed by atoms with Gasteiger partial charge < -0.3 is 20.3 Å². The molecule has 2 N–H and O–H groups in total. The largest absolute Gasteiger partial charge is 0.378 e. The molecule has 1 fully saturated rings. The number of hydrogen-bond donors (Lipinski definition) is 2. The van der Waals surface area contributed by atoms with Crippen molar-refractivity contribution in [3.63, 3.8) is 0 Å². The van der Waals surface area contributed by atoms with E-state index in [9.17, 15) is 8.42 Å². The van der Waals surface area contributed by atoms with E-state index in [0.29, 0.717) is 10.8 Å². The summed E-state index contributed by atoms with van der Waals surface area (Å²) in [6.45, 7) is 3.27. The van der Waals surface area contributed by atoms with E-state index in [0.717, 1.165) is 37.7 Å². The molecule has 28 heavy (non-hydrogen) atoms. The number of nitrogens with one attached hydrogen (secondary N) is 2. The number of rotatable bonds is 5. The first kappa shape index (κ1) is 20.5. The summed E-state index contributed by atoms with van der Waals surface area (Å²) >= 11 is 5.36. The quantitative estimate of drug-likeness (QED) is 0.720. The summed E-state index contributed by atoms with van der Waals surface area (Å²) in [6, 6.07) is 14.6. The average Bonchev–Trinajstić information content (AvgIpc) is 2.69. The van der Waals surface area contributed by atoms with Gasteiger partial charge in [0.25, 0.3) is 0 Å². The molecule has 2 aromatic carbocycles. The molecule has 0 radical (unpaired) electrons. The van der Waals surface area contributed by atoms with Crippen LogP contribution in [0.2, 0.25) is 0 Å². The molecule has 0 unspecified atom stereocenters. The maximum Gasteiger partial charge on any atom is 0.242 e. The Labute approximate surface area is 171 Å². The highest BCUT2D eigenvalue weighted by atomic mass is 32.2. The van der Waals surface area contributed by atoms with Crippen LogP contribution in [0.1, 0.15) is 0 Å². The SMILES string of the molecule is CN(C)S(=O)(=O)c1cccc(NC(=S)Nc2ccc(N3CCOCC3)cc2)c1. The first-order valence-corrected chi connectivity index (χ1v) is 10.7. The van der Waals surface area contributed by atoms with Gasteiger partial charge in [0.1, 0.15) is 0 Å². The molecule has 0 aliphatic carbocycles. The van der Waals surface area contributed by atoms with Gasteiger partial charge in [0, 0.05) is 44.2 Å². The fourth-order valence-electron chi connectivity index (χ4n) is 2.82. The van der Waals surface area contributed by atoms with Crippen molar-refractivity contribution in [2.45, 2.75) is 4.90 Å². The van der Waals surface area contributed by atoms with E-state index in [1.165, 1.54) is 18.4 Å². The highest BCUT2D eigenvalue weighted by Crippen LogP contribution is 2.20. The minimum Gasteiger partial charge on any atom is -0.378 e. The summed E-state index contributed by atoms with van der Waals surface area (Å²) in [5, 5.41) is 6.54. The van der Waals surface area contributed by atoms with Crippen LogP contribution in [0.15, 0.2) is 53.4 Å². The molecule has 0 atom stereocenters. The summed E-state index contributed by atoms with van der Waals surface area (Å²) in [4.78, 5) is 2.49. The van der Waals surface area contributed by atoms with Crippen molar-refractivity contribution >= 4 is 44.4 Å². The Morgan fingerprint density at radius 3 is 2.32 bits per heavy atom. The lowest BCUT2D eigenvalue weighted by atomic mass is 10.2. The number of morpholine rings is 1. The second-order valence-corrected chi connectivity index (χ2v) is 9.10. The molecule has 1 saturated heterocycles. The van der Waals surface area contributed by atoms with Crippen LogP contribution in [-0.4, -0.2) is 58.2 Å². The van der Waals surface area contributed by atoms with Crippen molar-refractivity contribution in [2.75, 3.05) is 55.9 Å². The van der Waals surface area contributed by atoms with Gasteiger partial charge in [-0.15, -0.1) is 0 Å². The topological polar surface area (TPSA) is 73.9 Å².